The Labute approximate surface area is 155 Å². The van der Waals surface area contributed by atoms with Crippen LogP contribution in [0.5, 0.6) is 5.75 Å². The van der Waals surface area contributed by atoms with E-state index in [9.17, 15) is 4.79 Å². The molecular formula is C19H27N5O2. The SMILES string of the molecule is COc1ccc(CCNC(=O)/C(C#N)=C\NCCN2CCNCC2)cc1. The maximum Gasteiger partial charge on any atom is 0.263 e. The monoisotopic (exact) mass is 357 g/mol. The highest BCUT2D eigenvalue weighted by molar-refractivity contribution is 5.97. The highest BCUT2D eigenvalue weighted by Crippen LogP contribution is 2.11. The Bertz CT molecular complexity index is 630. The van der Waals surface area contributed by atoms with E-state index in [0.29, 0.717) is 19.5 Å². The number of nitriles is 1. The van der Waals surface area contributed by atoms with Gasteiger partial charge in [0.2, 0.25) is 0 Å². The second-order valence-corrected chi connectivity index (χ2v) is 6.07. The summed E-state index contributed by atoms with van der Waals surface area (Å²) in [6.07, 6.45) is 2.20. The van der Waals surface area contributed by atoms with Crippen molar-refractivity contribution in [2.75, 3.05) is 52.9 Å². The molecule has 140 valence electrons. The Hall–Kier alpha value is -2.56. The van der Waals surface area contributed by atoms with E-state index in [0.717, 1.165) is 44.0 Å². The standard InChI is InChI=1S/C19H27N5O2/c1-26-18-4-2-16(3-5-18)6-7-23-19(25)17(14-20)15-22-10-13-24-11-8-21-9-12-24/h2-5,15,21-22H,6-13H2,1H3,(H,23,25)/b17-15-. The first-order valence-corrected chi connectivity index (χ1v) is 8.91. The maximum absolute atomic E-state index is 12.1. The summed E-state index contributed by atoms with van der Waals surface area (Å²) in [7, 11) is 1.63. The third kappa shape index (κ3) is 6.75. The molecule has 0 bridgehead atoms. The van der Waals surface area contributed by atoms with Crippen molar-refractivity contribution >= 4 is 5.91 Å². The van der Waals surface area contributed by atoms with Crippen LogP contribution in [-0.2, 0) is 11.2 Å². The van der Waals surface area contributed by atoms with Gasteiger partial charge in [-0.2, -0.15) is 5.26 Å². The minimum atomic E-state index is -0.351. The van der Waals surface area contributed by atoms with Crippen molar-refractivity contribution in [2.45, 2.75) is 6.42 Å². The highest BCUT2D eigenvalue weighted by atomic mass is 16.5. The third-order valence-corrected chi connectivity index (χ3v) is 4.25. The average Bonchev–Trinajstić information content (AvgIpc) is 2.69. The number of amides is 1. The number of methoxy groups -OCH3 is 1. The molecule has 1 aromatic rings. The van der Waals surface area contributed by atoms with Crippen molar-refractivity contribution in [3.05, 3.63) is 41.6 Å². The molecule has 26 heavy (non-hydrogen) atoms. The summed E-state index contributed by atoms with van der Waals surface area (Å²) in [4.78, 5) is 14.4. The van der Waals surface area contributed by atoms with Crippen LogP contribution in [0.3, 0.4) is 0 Å². The lowest BCUT2D eigenvalue weighted by Crippen LogP contribution is -2.45. The smallest absolute Gasteiger partial charge is 0.263 e. The summed E-state index contributed by atoms with van der Waals surface area (Å²) in [6.45, 7) is 6.17. The van der Waals surface area contributed by atoms with Crippen LogP contribution >= 0.6 is 0 Å². The van der Waals surface area contributed by atoms with E-state index in [2.05, 4.69) is 20.9 Å². The van der Waals surface area contributed by atoms with Crippen LogP contribution in [0.1, 0.15) is 5.56 Å². The molecule has 0 unspecified atom stereocenters. The van der Waals surface area contributed by atoms with Crippen LogP contribution in [0.2, 0.25) is 0 Å². The van der Waals surface area contributed by atoms with Crippen molar-refractivity contribution in [3.63, 3.8) is 0 Å². The van der Waals surface area contributed by atoms with Gasteiger partial charge in [-0.25, -0.2) is 0 Å². The van der Waals surface area contributed by atoms with Crippen molar-refractivity contribution in [1.82, 2.24) is 20.9 Å². The number of nitrogens with zero attached hydrogens (tertiary/aromatic N) is 2. The summed E-state index contributed by atoms with van der Waals surface area (Å²) in [5.41, 5.74) is 1.20. The van der Waals surface area contributed by atoms with E-state index < -0.39 is 0 Å². The molecule has 0 aliphatic carbocycles. The Morgan fingerprint density at radius 3 is 2.69 bits per heavy atom. The first-order valence-electron chi connectivity index (χ1n) is 8.91. The molecule has 0 spiro atoms. The minimum absolute atomic E-state index is 0.0973. The molecule has 1 saturated heterocycles. The van der Waals surface area contributed by atoms with Crippen molar-refractivity contribution in [2.24, 2.45) is 0 Å². The number of rotatable bonds is 9. The van der Waals surface area contributed by atoms with Crippen LogP contribution in [0.25, 0.3) is 0 Å². The maximum atomic E-state index is 12.1. The topological polar surface area (TPSA) is 89.4 Å². The van der Waals surface area contributed by atoms with Gasteiger partial charge >= 0.3 is 0 Å². The van der Waals surface area contributed by atoms with E-state index in [1.165, 1.54) is 6.20 Å². The van der Waals surface area contributed by atoms with E-state index in [4.69, 9.17) is 10.00 Å². The van der Waals surface area contributed by atoms with Gasteiger partial charge < -0.3 is 20.7 Å². The van der Waals surface area contributed by atoms with E-state index in [1.807, 2.05) is 30.3 Å². The molecule has 0 atom stereocenters. The van der Waals surface area contributed by atoms with Gasteiger partial charge in [0.1, 0.15) is 17.4 Å². The summed E-state index contributed by atoms with van der Waals surface area (Å²) in [5, 5.41) is 18.3. The Kier molecular flexibility index (Phi) is 8.46. The van der Waals surface area contributed by atoms with Gasteiger partial charge in [0.15, 0.2) is 0 Å². The van der Waals surface area contributed by atoms with Gasteiger partial charge in [-0.1, -0.05) is 12.1 Å². The molecule has 2 rings (SSSR count). The van der Waals surface area contributed by atoms with E-state index >= 15 is 0 Å². The molecule has 1 aromatic carbocycles. The third-order valence-electron chi connectivity index (χ3n) is 4.25. The summed E-state index contributed by atoms with van der Waals surface area (Å²) >= 11 is 0. The highest BCUT2D eigenvalue weighted by Gasteiger charge is 2.10. The molecule has 1 aliphatic heterocycles. The van der Waals surface area contributed by atoms with Crippen molar-refractivity contribution < 1.29 is 9.53 Å². The van der Waals surface area contributed by atoms with Gasteiger partial charge in [0.05, 0.1) is 7.11 Å². The molecule has 7 heteroatoms. The fraction of sp³-hybridized carbons (Fsp3) is 0.474. The lowest BCUT2D eigenvalue weighted by molar-refractivity contribution is -0.117. The Balaban J connectivity index is 1.68. The van der Waals surface area contributed by atoms with Crippen LogP contribution < -0.4 is 20.7 Å². The largest absolute Gasteiger partial charge is 0.497 e. The number of carbonyl (C=O) groups excluding carboxylic acids is 1. The molecule has 1 amide bonds. The molecule has 0 radical (unpaired) electrons. The molecule has 0 saturated carbocycles. The molecule has 7 nitrogen and oxygen atoms in total. The lowest BCUT2D eigenvalue weighted by Gasteiger charge is -2.26. The van der Waals surface area contributed by atoms with Gasteiger partial charge in [-0.15, -0.1) is 0 Å². The number of nitrogens with one attached hydrogen (secondary N) is 3. The van der Waals surface area contributed by atoms with Gasteiger partial charge in [0, 0.05) is 52.0 Å². The van der Waals surface area contributed by atoms with Gasteiger partial charge in [-0.05, 0) is 24.1 Å². The molecular weight excluding hydrogens is 330 g/mol. The number of hydrogen-bond acceptors (Lipinski definition) is 6. The predicted octanol–water partition coefficient (Wildman–Crippen LogP) is 0.256. The molecule has 1 heterocycles. The Morgan fingerprint density at radius 2 is 2.04 bits per heavy atom. The number of carbonyl (C=O) groups is 1. The summed E-state index contributed by atoms with van der Waals surface area (Å²) in [6, 6.07) is 9.65. The quantitative estimate of drug-likeness (QED) is 0.334. The first kappa shape index (κ1) is 19.8. The van der Waals surface area contributed by atoms with Gasteiger partial charge in [-0.3, -0.25) is 9.69 Å². The van der Waals surface area contributed by atoms with Crippen LogP contribution in [0.15, 0.2) is 36.0 Å². The molecule has 1 aliphatic rings. The molecule has 0 aromatic heterocycles. The minimum Gasteiger partial charge on any atom is -0.497 e. The number of ether oxygens (including phenoxy) is 1. The van der Waals surface area contributed by atoms with Crippen LogP contribution in [0.4, 0.5) is 0 Å². The van der Waals surface area contributed by atoms with Crippen LogP contribution in [0, 0.1) is 11.3 Å². The number of hydrogen-bond donors (Lipinski definition) is 3. The second kappa shape index (κ2) is 11.1. The van der Waals surface area contributed by atoms with Crippen molar-refractivity contribution in [3.8, 4) is 11.8 Å². The van der Waals surface area contributed by atoms with Crippen LogP contribution in [-0.4, -0.2) is 63.7 Å². The lowest BCUT2D eigenvalue weighted by atomic mass is 10.1. The van der Waals surface area contributed by atoms with Gasteiger partial charge in [0.25, 0.3) is 5.91 Å². The molecule has 1 fully saturated rings. The number of benzene rings is 1. The zero-order valence-electron chi connectivity index (χ0n) is 15.3. The zero-order valence-corrected chi connectivity index (χ0v) is 15.3. The summed E-state index contributed by atoms with van der Waals surface area (Å²) in [5.74, 6) is 0.454. The fourth-order valence-electron chi connectivity index (χ4n) is 2.69. The second-order valence-electron chi connectivity index (χ2n) is 6.07. The first-order chi connectivity index (χ1) is 12.7. The molecule has 3 N–H and O–H groups in total. The average molecular weight is 357 g/mol. The Morgan fingerprint density at radius 1 is 1.31 bits per heavy atom. The van der Waals surface area contributed by atoms with Crippen molar-refractivity contribution in [1.29, 1.82) is 5.26 Å². The normalized spacial score (nSPS) is 15.2. The van der Waals surface area contributed by atoms with E-state index in [-0.39, 0.29) is 11.5 Å². The number of piperazine rings is 1. The predicted molar refractivity (Wildman–Crippen MR) is 101 cm³/mol. The van der Waals surface area contributed by atoms with E-state index in [1.54, 1.807) is 7.11 Å². The zero-order chi connectivity index (χ0) is 18.6. The fourth-order valence-corrected chi connectivity index (χ4v) is 2.69. The summed E-state index contributed by atoms with van der Waals surface area (Å²) < 4.78 is 5.12.